The summed E-state index contributed by atoms with van der Waals surface area (Å²) in [6, 6.07) is 10.0. The van der Waals surface area contributed by atoms with Crippen molar-refractivity contribution in [2.24, 2.45) is 5.92 Å². The highest BCUT2D eigenvalue weighted by Crippen LogP contribution is 2.26. The first-order valence-electron chi connectivity index (χ1n) is 5.20. The minimum Gasteiger partial charge on any atom is -0.272 e. The highest BCUT2D eigenvalue weighted by Gasteiger charge is 2.42. The molecule has 1 aromatic rings. The molecular weight excluding hydrogens is 190 g/mol. The van der Waals surface area contributed by atoms with Gasteiger partial charge in [-0.1, -0.05) is 37.3 Å². The van der Waals surface area contributed by atoms with Gasteiger partial charge in [0.2, 0.25) is 0 Å². The molecule has 1 amide bonds. The lowest BCUT2D eigenvalue weighted by molar-refractivity contribution is -0.243. The lowest BCUT2D eigenvalue weighted by Crippen LogP contribution is -2.57. The van der Waals surface area contributed by atoms with E-state index in [-0.39, 0.29) is 17.9 Å². The predicted molar refractivity (Wildman–Crippen MR) is 56.7 cm³/mol. The molecule has 0 spiro atoms. The molecule has 15 heavy (non-hydrogen) atoms. The Morgan fingerprint density at radius 2 is 1.93 bits per heavy atom. The molecular formula is C12H15NO2. The van der Waals surface area contributed by atoms with E-state index in [2.05, 4.69) is 0 Å². The predicted octanol–water partition coefficient (Wildman–Crippen LogP) is 1.99. The normalized spacial score (nSPS) is 25.2. The molecule has 1 aliphatic rings. The number of carbonyl (C=O) groups is 1. The van der Waals surface area contributed by atoms with Gasteiger partial charge in [-0.15, -0.1) is 0 Å². The largest absolute Gasteiger partial charge is 0.272 e. The summed E-state index contributed by atoms with van der Waals surface area (Å²) in [6.07, 6.45) is 0. The maximum atomic E-state index is 11.4. The van der Waals surface area contributed by atoms with Crippen molar-refractivity contribution in [3.05, 3.63) is 35.9 Å². The highest BCUT2D eigenvalue weighted by atomic mass is 16.7. The fourth-order valence-electron chi connectivity index (χ4n) is 1.63. The Morgan fingerprint density at radius 3 is 2.53 bits per heavy atom. The zero-order chi connectivity index (χ0) is 10.8. The number of β-lactam (4-membered cyclic amide) rings is 1. The average Bonchev–Trinajstić information content (AvgIpc) is 2.30. The van der Waals surface area contributed by atoms with Crippen LogP contribution in [0.25, 0.3) is 0 Å². The standard InChI is InChI=1S/C12H15NO2/c1-9-10(2)13(12(9)14)15-8-11-6-4-3-5-7-11/h3-7,9-10H,8H2,1-2H3/t9-,10+/m1/s1. The van der Waals surface area contributed by atoms with E-state index in [0.29, 0.717) is 6.61 Å². The van der Waals surface area contributed by atoms with E-state index < -0.39 is 0 Å². The van der Waals surface area contributed by atoms with E-state index in [1.165, 1.54) is 5.06 Å². The van der Waals surface area contributed by atoms with Crippen molar-refractivity contribution in [1.82, 2.24) is 5.06 Å². The maximum absolute atomic E-state index is 11.4. The van der Waals surface area contributed by atoms with Gasteiger partial charge in [0.15, 0.2) is 0 Å². The molecule has 0 N–H and O–H groups in total. The second kappa shape index (κ2) is 4.03. The first-order chi connectivity index (χ1) is 7.20. The van der Waals surface area contributed by atoms with Gasteiger partial charge in [-0.2, -0.15) is 0 Å². The van der Waals surface area contributed by atoms with Gasteiger partial charge in [-0.25, -0.2) is 5.06 Å². The summed E-state index contributed by atoms with van der Waals surface area (Å²) >= 11 is 0. The maximum Gasteiger partial charge on any atom is 0.251 e. The van der Waals surface area contributed by atoms with E-state index in [0.717, 1.165) is 5.56 Å². The van der Waals surface area contributed by atoms with Crippen LogP contribution in [0.15, 0.2) is 30.3 Å². The van der Waals surface area contributed by atoms with Gasteiger partial charge in [-0.05, 0) is 12.5 Å². The van der Waals surface area contributed by atoms with E-state index in [4.69, 9.17) is 4.84 Å². The summed E-state index contributed by atoms with van der Waals surface area (Å²) in [5.41, 5.74) is 1.08. The molecule has 0 radical (unpaired) electrons. The van der Waals surface area contributed by atoms with E-state index in [1.807, 2.05) is 44.2 Å². The molecule has 0 aromatic heterocycles. The van der Waals surface area contributed by atoms with Crippen LogP contribution in [0.5, 0.6) is 0 Å². The van der Waals surface area contributed by atoms with Crippen LogP contribution in [0.3, 0.4) is 0 Å². The lowest BCUT2D eigenvalue weighted by atomic mass is 9.94. The molecule has 80 valence electrons. The molecule has 2 atom stereocenters. The summed E-state index contributed by atoms with van der Waals surface area (Å²) in [6.45, 7) is 4.38. The van der Waals surface area contributed by atoms with Gasteiger partial charge in [0, 0.05) is 0 Å². The van der Waals surface area contributed by atoms with E-state index in [9.17, 15) is 4.79 Å². The molecule has 0 saturated carbocycles. The molecule has 1 aliphatic heterocycles. The Labute approximate surface area is 89.6 Å². The number of benzene rings is 1. The Kier molecular flexibility index (Phi) is 2.73. The second-order valence-corrected chi connectivity index (χ2v) is 3.95. The van der Waals surface area contributed by atoms with Crippen molar-refractivity contribution in [2.45, 2.75) is 26.5 Å². The van der Waals surface area contributed by atoms with E-state index in [1.54, 1.807) is 0 Å². The highest BCUT2D eigenvalue weighted by molar-refractivity contribution is 5.84. The Bertz CT molecular complexity index is 350. The molecule has 1 aromatic carbocycles. The summed E-state index contributed by atoms with van der Waals surface area (Å²) < 4.78 is 0. The quantitative estimate of drug-likeness (QED) is 0.706. The van der Waals surface area contributed by atoms with Gasteiger partial charge in [0.1, 0.15) is 6.61 Å². The summed E-state index contributed by atoms with van der Waals surface area (Å²) in [5, 5.41) is 1.47. The second-order valence-electron chi connectivity index (χ2n) is 3.95. The third-order valence-electron chi connectivity index (χ3n) is 2.91. The van der Waals surface area contributed by atoms with Crippen LogP contribution in [0, 0.1) is 5.92 Å². The van der Waals surface area contributed by atoms with Crippen LogP contribution in [0.4, 0.5) is 0 Å². The summed E-state index contributed by atoms with van der Waals surface area (Å²) in [7, 11) is 0. The molecule has 1 heterocycles. The van der Waals surface area contributed by atoms with Crippen molar-refractivity contribution < 1.29 is 9.63 Å². The molecule has 0 aliphatic carbocycles. The van der Waals surface area contributed by atoms with Crippen LogP contribution in [-0.2, 0) is 16.2 Å². The first kappa shape index (κ1) is 10.2. The fraction of sp³-hybridized carbons (Fsp3) is 0.417. The van der Waals surface area contributed by atoms with Crippen molar-refractivity contribution in [3.8, 4) is 0 Å². The SMILES string of the molecule is C[C@H]1C(=O)N(OCc2ccccc2)[C@H]1C. The summed E-state index contributed by atoms with van der Waals surface area (Å²) in [4.78, 5) is 16.8. The molecule has 0 unspecified atom stereocenters. The molecule has 1 saturated heterocycles. The Hall–Kier alpha value is -1.35. The number of carbonyl (C=O) groups excluding carboxylic acids is 1. The Balaban J connectivity index is 1.87. The van der Waals surface area contributed by atoms with Crippen LogP contribution in [0.1, 0.15) is 19.4 Å². The third-order valence-corrected chi connectivity index (χ3v) is 2.91. The number of hydrogen-bond acceptors (Lipinski definition) is 2. The number of nitrogens with zero attached hydrogens (tertiary/aromatic N) is 1. The van der Waals surface area contributed by atoms with Crippen molar-refractivity contribution in [2.75, 3.05) is 0 Å². The zero-order valence-electron chi connectivity index (χ0n) is 9.01. The minimum absolute atomic E-state index is 0.0819. The van der Waals surface area contributed by atoms with Gasteiger partial charge >= 0.3 is 0 Å². The Morgan fingerprint density at radius 1 is 1.27 bits per heavy atom. The number of rotatable bonds is 3. The topological polar surface area (TPSA) is 29.5 Å². The fourth-order valence-corrected chi connectivity index (χ4v) is 1.63. The van der Waals surface area contributed by atoms with Gasteiger partial charge in [0.05, 0.1) is 12.0 Å². The van der Waals surface area contributed by atoms with Gasteiger partial charge in [0.25, 0.3) is 5.91 Å². The van der Waals surface area contributed by atoms with Crippen molar-refractivity contribution in [3.63, 3.8) is 0 Å². The van der Waals surface area contributed by atoms with Crippen molar-refractivity contribution >= 4 is 5.91 Å². The third kappa shape index (κ3) is 1.88. The minimum atomic E-state index is 0.0819. The zero-order valence-corrected chi connectivity index (χ0v) is 9.01. The molecule has 2 rings (SSSR count). The van der Waals surface area contributed by atoms with Crippen molar-refractivity contribution in [1.29, 1.82) is 0 Å². The average molecular weight is 205 g/mol. The van der Waals surface area contributed by atoms with Gasteiger partial charge in [-0.3, -0.25) is 9.63 Å². The lowest BCUT2D eigenvalue weighted by Gasteiger charge is -2.42. The number of hydroxylamine groups is 2. The molecule has 3 nitrogen and oxygen atoms in total. The monoisotopic (exact) mass is 205 g/mol. The van der Waals surface area contributed by atoms with Crippen LogP contribution >= 0.6 is 0 Å². The number of hydrogen-bond donors (Lipinski definition) is 0. The van der Waals surface area contributed by atoms with Gasteiger partial charge < -0.3 is 0 Å². The van der Waals surface area contributed by atoms with Crippen LogP contribution < -0.4 is 0 Å². The van der Waals surface area contributed by atoms with Crippen LogP contribution in [0.2, 0.25) is 0 Å². The van der Waals surface area contributed by atoms with Crippen LogP contribution in [-0.4, -0.2) is 17.0 Å². The molecule has 0 bridgehead atoms. The number of amides is 1. The molecule has 3 heteroatoms. The smallest absolute Gasteiger partial charge is 0.251 e. The van der Waals surface area contributed by atoms with E-state index >= 15 is 0 Å². The molecule has 1 fully saturated rings. The summed E-state index contributed by atoms with van der Waals surface area (Å²) in [5.74, 6) is 0.180. The first-order valence-corrected chi connectivity index (χ1v) is 5.20.